The molecule has 0 amide bonds. The van der Waals surface area contributed by atoms with Crippen molar-refractivity contribution in [1.82, 2.24) is 0 Å². The predicted molar refractivity (Wildman–Crippen MR) is 127 cm³/mol. The van der Waals surface area contributed by atoms with E-state index in [9.17, 15) is 25.2 Å². The minimum atomic E-state index is -1.45. The molecule has 7 atom stereocenters. The zero-order valence-electron chi connectivity index (χ0n) is 20.4. The van der Waals surface area contributed by atoms with Gasteiger partial charge < -0.3 is 39.4 Å². The summed E-state index contributed by atoms with van der Waals surface area (Å²) in [5.74, 6) is 0.512. The van der Waals surface area contributed by atoms with Crippen LogP contribution in [-0.2, 0) is 25.4 Å². The Labute approximate surface area is 206 Å². The Bertz CT molecular complexity index is 823. The van der Waals surface area contributed by atoms with Crippen LogP contribution in [0, 0.1) is 5.92 Å². The molecule has 1 aliphatic heterocycles. The molecule has 1 aliphatic carbocycles. The average Bonchev–Trinajstić information content (AvgIpc) is 2.85. The van der Waals surface area contributed by atoms with Gasteiger partial charge in [0.1, 0.15) is 36.8 Å². The summed E-state index contributed by atoms with van der Waals surface area (Å²) in [6.07, 6.45) is -0.507. The maximum Gasteiger partial charge on any atom is 0.330 e. The van der Waals surface area contributed by atoms with Gasteiger partial charge in [0, 0.05) is 6.08 Å². The van der Waals surface area contributed by atoms with E-state index in [0.29, 0.717) is 12.4 Å². The highest BCUT2D eigenvalue weighted by atomic mass is 16.7. The third-order valence-electron chi connectivity index (χ3n) is 6.54. The molecule has 0 bridgehead atoms. The van der Waals surface area contributed by atoms with E-state index in [-0.39, 0.29) is 24.6 Å². The van der Waals surface area contributed by atoms with Crippen LogP contribution in [0.1, 0.15) is 45.1 Å². The standard InChI is InChI=1S/C26H38O9/c1-3-32-22(28)12-16(2)15-33-19-10-8-17(9-11-19)13-18-6-4-5-7-20(18)34-26-25(31)24(30)23(29)21(14-27)35-26/h8-12,18,20-21,23-27,29-31H,3-7,13-15H2,1-2H3/b16-12-/t18-,20+,21-,23+,24+,25-,26-/m1/s1. The third kappa shape index (κ3) is 7.73. The average molecular weight is 495 g/mol. The second-order valence-electron chi connectivity index (χ2n) is 9.30. The SMILES string of the molecule is CCOC(=O)/C=C(/C)COc1ccc(C[C@H]2CCCC[C@@H]2O[C@@H]2O[C@H](CO)[C@H](O)[C@H](O)[C@H]2O)cc1. The molecule has 2 aliphatic rings. The minimum Gasteiger partial charge on any atom is -0.489 e. The van der Waals surface area contributed by atoms with Crippen LogP contribution in [0.5, 0.6) is 5.75 Å². The Morgan fingerprint density at radius 2 is 1.80 bits per heavy atom. The molecule has 0 radical (unpaired) electrons. The summed E-state index contributed by atoms with van der Waals surface area (Å²) in [6, 6.07) is 7.78. The van der Waals surface area contributed by atoms with E-state index in [1.807, 2.05) is 31.2 Å². The molecule has 2 fully saturated rings. The van der Waals surface area contributed by atoms with Gasteiger partial charge in [-0.15, -0.1) is 0 Å². The normalized spacial score (nSPS) is 31.7. The Morgan fingerprint density at radius 1 is 1.09 bits per heavy atom. The zero-order valence-corrected chi connectivity index (χ0v) is 20.4. The maximum atomic E-state index is 11.5. The molecule has 0 unspecified atom stereocenters. The Kier molecular flexibility index (Phi) is 10.5. The molecule has 9 heteroatoms. The van der Waals surface area contributed by atoms with Crippen molar-refractivity contribution in [2.45, 2.75) is 82.8 Å². The van der Waals surface area contributed by atoms with Crippen molar-refractivity contribution in [1.29, 1.82) is 0 Å². The predicted octanol–water partition coefficient (Wildman–Crippen LogP) is 1.49. The molecular formula is C26H38O9. The van der Waals surface area contributed by atoms with E-state index in [0.717, 1.165) is 43.2 Å². The van der Waals surface area contributed by atoms with Crippen LogP contribution in [0.15, 0.2) is 35.9 Å². The number of hydrogen-bond donors (Lipinski definition) is 4. The van der Waals surface area contributed by atoms with E-state index < -0.39 is 37.3 Å². The van der Waals surface area contributed by atoms with E-state index >= 15 is 0 Å². The van der Waals surface area contributed by atoms with Crippen molar-refractivity contribution < 1.29 is 44.2 Å². The Balaban J connectivity index is 1.56. The number of hydrogen-bond acceptors (Lipinski definition) is 9. The molecule has 1 saturated carbocycles. The fraction of sp³-hybridized carbons (Fsp3) is 0.654. The summed E-state index contributed by atoms with van der Waals surface area (Å²) < 4.78 is 22.3. The van der Waals surface area contributed by atoms with Crippen molar-refractivity contribution >= 4 is 5.97 Å². The van der Waals surface area contributed by atoms with Gasteiger partial charge >= 0.3 is 5.97 Å². The van der Waals surface area contributed by atoms with Crippen molar-refractivity contribution in [2.75, 3.05) is 19.8 Å². The van der Waals surface area contributed by atoms with Gasteiger partial charge in [-0.05, 0) is 62.3 Å². The lowest BCUT2D eigenvalue weighted by atomic mass is 9.82. The number of aliphatic hydroxyl groups excluding tert-OH is 4. The summed E-state index contributed by atoms with van der Waals surface area (Å²) in [7, 11) is 0. The molecular weight excluding hydrogens is 456 g/mol. The summed E-state index contributed by atoms with van der Waals surface area (Å²) >= 11 is 0. The van der Waals surface area contributed by atoms with Crippen LogP contribution >= 0.6 is 0 Å². The molecule has 1 aromatic rings. The summed E-state index contributed by atoms with van der Waals surface area (Å²) in [5.41, 5.74) is 1.88. The quantitative estimate of drug-likeness (QED) is 0.282. The molecule has 0 spiro atoms. The minimum absolute atomic E-state index is 0.184. The van der Waals surface area contributed by atoms with E-state index in [1.165, 1.54) is 6.08 Å². The van der Waals surface area contributed by atoms with Crippen LogP contribution in [-0.4, -0.2) is 83.0 Å². The fourth-order valence-electron chi connectivity index (χ4n) is 4.59. The largest absolute Gasteiger partial charge is 0.489 e. The number of carbonyl (C=O) groups excluding carboxylic acids is 1. The zero-order chi connectivity index (χ0) is 25.4. The van der Waals surface area contributed by atoms with Crippen molar-refractivity contribution in [3.63, 3.8) is 0 Å². The van der Waals surface area contributed by atoms with Gasteiger partial charge in [-0.3, -0.25) is 0 Å². The molecule has 4 N–H and O–H groups in total. The first kappa shape index (κ1) is 27.6. The van der Waals surface area contributed by atoms with Gasteiger partial charge in [0.05, 0.1) is 19.3 Å². The monoisotopic (exact) mass is 494 g/mol. The fourth-order valence-corrected chi connectivity index (χ4v) is 4.59. The second-order valence-corrected chi connectivity index (χ2v) is 9.30. The Hall–Kier alpha value is -2.01. The molecule has 3 rings (SSSR count). The van der Waals surface area contributed by atoms with Crippen LogP contribution in [0.3, 0.4) is 0 Å². The summed E-state index contributed by atoms with van der Waals surface area (Å²) in [6.45, 7) is 3.71. The number of benzene rings is 1. The van der Waals surface area contributed by atoms with Gasteiger partial charge in [-0.2, -0.15) is 0 Å². The highest BCUT2D eigenvalue weighted by Crippen LogP contribution is 2.33. The van der Waals surface area contributed by atoms with Gasteiger partial charge in [0.25, 0.3) is 0 Å². The van der Waals surface area contributed by atoms with Crippen LogP contribution in [0.25, 0.3) is 0 Å². The topological polar surface area (TPSA) is 135 Å². The maximum absolute atomic E-state index is 11.5. The molecule has 9 nitrogen and oxygen atoms in total. The van der Waals surface area contributed by atoms with Crippen molar-refractivity contribution in [3.8, 4) is 5.75 Å². The molecule has 1 aromatic carbocycles. The molecule has 1 heterocycles. The highest BCUT2D eigenvalue weighted by molar-refractivity contribution is 5.82. The van der Waals surface area contributed by atoms with E-state index in [4.69, 9.17) is 18.9 Å². The smallest absolute Gasteiger partial charge is 0.330 e. The van der Waals surface area contributed by atoms with Crippen molar-refractivity contribution in [3.05, 3.63) is 41.5 Å². The third-order valence-corrected chi connectivity index (χ3v) is 6.54. The van der Waals surface area contributed by atoms with Gasteiger partial charge in [-0.25, -0.2) is 4.79 Å². The van der Waals surface area contributed by atoms with Crippen LogP contribution in [0.4, 0.5) is 0 Å². The lowest BCUT2D eigenvalue weighted by Crippen LogP contribution is -2.60. The van der Waals surface area contributed by atoms with Gasteiger partial charge in [-0.1, -0.05) is 25.0 Å². The first-order chi connectivity index (χ1) is 16.8. The molecule has 1 saturated heterocycles. The number of rotatable bonds is 10. The highest BCUT2D eigenvalue weighted by Gasteiger charge is 2.45. The molecule has 35 heavy (non-hydrogen) atoms. The lowest BCUT2D eigenvalue weighted by molar-refractivity contribution is -0.316. The first-order valence-electron chi connectivity index (χ1n) is 12.3. The molecule has 0 aromatic heterocycles. The summed E-state index contributed by atoms with van der Waals surface area (Å²) in [4.78, 5) is 11.5. The van der Waals surface area contributed by atoms with Crippen LogP contribution < -0.4 is 4.74 Å². The lowest BCUT2D eigenvalue weighted by Gasteiger charge is -2.42. The summed E-state index contributed by atoms with van der Waals surface area (Å²) in [5, 5.41) is 39.8. The van der Waals surface area contributed by atoms with Gasteiger partial charge in [0.15, 0.2) is 6.29 Å². The number of ether oxygens (including phenoxy) is 4. The van der Waals surface area contributed by atoms with Crippen molar-refractivity contribution in [2.24, 2.45) is 5.92 Å². The second kappa shape index (κ2) is 13.3. The van der Waals surface area contributed by atoms with E-state index in [2.05, 4.69) is 0 Å². The molecule has 196 valence electrons. The number of esters is 1. The number of carbonyl (C=O) groups is 1. The number of aliphatic hydroxyl groups is 4. The van der Waals surface area contributed by atoms with Crippen LogP contribution in [0.2, 0.25) is 0 Å². The Morgan fingerprint density at radius 3 is 2.49 bits per heavy atom. The first-order valence-corrected chi connectivity index (χ1v) is 12.3. The van der Waals surface area contributed by atoms with E-state index in [1.54, 1.807) is 6.92 Å². The van der Waals surface area contributed by atoms with Gasteiger partial charge in [0.2, 0.25) is 0 Å².